The monoisotopic (exact) mass is 417 g/mol. The Hall–Kier alpha value is -2.61. The van der Waals surface area contributed by atoms with Crippen LogP contribution in [0.3, 0.4) is 0 Å². The molecule has 30 heavy (non-hydrogen) atoms. The normalized spacial score (nSPS) is 11.5. The summed E-state index contributed by atoms with van der Waals surface area (Å²) in [7, 11) is 2.72. The van der Waals surface area contributed by atoms with Crippen molar-refractivity contribution in [3.05, 3.63) is 72.8 Å². The number of fused-ring (bicyclic) bond motifs is 2. The van der Waals surface area contributed by atoms with E-state index in [9.17, 15) is 0 Å². The fourth-order valence-corrected chi connectivity index (χ4v) is 6.84. The van der Waals surface area contributed by atoms with Crippen molar-refractivity contribution >= 4 is 40.2 Å². The van der Waals surface area contributed by atoms with Crippen LogP contribution in [-0.4, -0.2) is 32.0 Å². The Labute approximate surface area is 180 Å². The maximum Gasteiger partial charge on any atom is 0.135 e. The van der Waals surface area contributed by atoms with Crippen molar-refractivity contribution in [1.82, 2.24) is 4.67 Å². The highest BCUT2D eigenvalue weighted by atomic mass is 31.1. The molecule has 0 aliphatic heterocycles. The van der Waals surface area contributed by atoms with Gasteiger partial charge in [0, 0.05) is 29.5 Å². The van der Waals surface area contributed by atoms with Crippen LogP contribution in [0.4, 0.5) is 0 Å². The number of nitrogens with zero attached hydrogens (tertiary/aromatic N) is 1. The molecule has 154 valence electrons. The van der Waals surface area contributed by atoms with Crippen LogP contribution in [-0.2, 0) is 0 Å². The molecular formula is C26H28NO2P. The van der Waals surface area contributed by atoms with Gasteiger partial charge in [0.2, 0.25) is 0 Å². The molecule has 0 saturated heterocycles. The van der Waals surface area contributed by atoms with Crippen molar-refractivity contribution in [2.45, 2.75) is 13.8 Å². The zero-order valence-electron chi connectivity index (χ0n) is 18.1. The molecule has 0 N–H and O–H groups in total. The van der Waals surface area contributed by atoms with Crippen molar-refractivity contribution in [3.63, 3.8) is 0 Å². The summed E-state index contributed by atoms with van der Waals surface area (Å²) in [5, 5.41) is 7.14. The lowest BCUT2D eigenvalue weighted by atomic mass is 10.1. The zero-order chi connectivity index (χ0) is 21.1. The molecule has 0 aliphatic rings. The van der Waals surface area contributed by atoms with Crippen LogP contribution in [0.25, 0.3) is 21.5 Å². The van der Waals surface area contributed by atoms with Crippen LogP contribution >= 0.6 is 8.07 Å². The third-order valence-corrected chi connectivity index (χ3v) is 8.34. The third-order valence-electron chi connectivity index (χ3n) is 5.60. The minimum absolute atomic E-state index is 0.831. The lowest BCUT2D eigenvalue weighted by molar-refractivity contribution is 0.421. The number of methoxy groups -OCH3 is 2. The van der Waals surface area contributed by atoms with Crippen molar-refractivity contribution in [2.24, 2.45) is 0 Å². The van der Waals surface area contributed by atoms with E-state index in [1.54, 1.807) is 14.2 Å². The molecule has 0 saturated carbocycles. The Morgan fingerprint density at radius 1 is 0.633 bits per heavy atom. The SMILES string of the molecule is CCN(CC)P(c1ccc2ccccc2c1OC)c1ccc2ccccc2c1OC. The van der Waals surface area contributed by atoms with Gasteiger partial charge in [-0.15, -0.1) is 0 Å². The summed E-state index contributed by atoms with van der Waals surface area (Å²) < 4.78 is 14.5. The number of hydrogen-bond acceptors (Lipinski definition) is 3. The molecular weight excluding hydrogens is 389 g/mol. The first-order valence-electron chi connectivity index (χ1n) is 10.4. The van der Waals surface area contributed by atoms with Gasteiger partial charge in [-0.25, -0.2) is 0 Å². The summed E-state index contributed by atoms with van der Waals surface area (Å²) in [6.45, 7) is 6.35. The molecule has 0 aromatic heterocycles. The van der Waals surface area contributed by atoms with E-state index in [0.29, 0.717) is 0 Å². The summed E-state index contributed by atoms with van der Waals surface area (Å²) in [4.78, 5) is 0. The molecule has 4 rings (SSSR count). The van der Waals surface area contributed by atoms with Gasteiger partial charge in [0.05, 0.1) is 14.2 Å². The average Bonchev–Trinajstić information content (AvgIpc) is 2.81. The molecule has 0 aliphatic carbocycles. The van der Waals surface area contributed by atoms with Crippen molar-refractivity contribution in [2.75, 3.05) is 27.3 Å². The second kappa shape index (κ2) is 9.04. The minimum Gasteiger partial charge on any atom is -0.495 e. The second-order valence-corrected chi connectivity index (χ2v) is 9.28. The fraction of sp³-hybridized carbons (Fsp3) is 0.231. The van der Waals surface area contributed by atoms with Crippen molar-refractivity contribution in [1.29, 1.82) is 0 Å². The van der Waals surface area contributed by atoms with Gasteiger partial charge >= 0.3 is 0 Å². The van der Waals surface area contributed by atoms with E-state index in [1.165, 1.54) is 21.4 Å². The molecule has 0 radical (unpaired) electrons. The Bertz CT molecular complexity index is 1080. The van der Waals surface area contributed by atoms with Crippen LogP contribution in [0.5, 0.6) is 11.5 Å². The maximum atomic E-state index is 6.01. The van der Waals surface area contributed by atoms with Gasteiger partial charge < -0.3 is 9.47 Å². The number of ether oxygens (including phenoxy) is 2. The van der Waals surface area contributed by atoms with Crippen LogP contribution in [0.15, 0.2) is 72.8 Å². The van der Waals surface area contributed by atoms with Gasteiger partial charge in [0.25, 0.3) is 0 Å². The molecule has 0 spiro atoms. The first-order chi connectivity index (χ1) is 14.7. The highest BCUT2D eigenvalue weighted by Gasteiger charge is 2.28. The molecule has 0 amide bonds. The molecule has 0 heterocycles. The largest absolute Gasteiger partial charge is 0.495 e. The molecule has 3 nitrogen and oxygen atoms in total. The van der Waals surface area contributed by atoms with Gasteiger partial charge in [-0.2, -0.15) is 0 Å². The minimum atomic E-state index is -0.831. The number of benzene rings is 4. The molecule has 0 atom stereocenters. The second-order valence-electron chi connectivity index (χ2n) is 7.13. The zero-order valence-corrected chi connectivity index (χ0v) is 18.9. The third kappa shape index (κ3) is 3.53. The van der Waals surface area contributed by atoms with Gasteiger partial charge in [-0.1, -0.05) is 74.5 Å². The van der Waals surface area contributed by atoms with E-state index in [0.717, 1.165) is 35.4 Å². The predicted molar refractivity (Wildman–Crippen MR) is 130 cm³/mol. The maximum absolute atomic E-state index is 6.01. The summed E-state index contributed by atoms with van der Waals surface area (Å²) in [6.07, 6.45) is 0. The molecule has 0 bridgehead atoms. The quantitative estimate of drug-likeness (QED) is 0.360. The summed E-state index contributed by atoms with van der Waals surface area (Å²) in [6, 6.07) is 25.7. The Morgan fingerprint density at radius 3 is 1.47 bits per heavy atom. The van der Waals surface area contributed by atoms with E-state index in [1.807, 2.05) is 0 Å². The Morgan fingerprint density at radius 2 is 1.07 bits per heavy atom. The van der Waals surface area contributed by atoms with E-state index >= 15 is 0 Å². The molecule has 0 unspecified atom stereocenters. The molecule has 4 aromatic rings. The number of hydrogen-bond donors (Lipinski definition) is 0. The standard InChI is InChI=1S/C26H28NO2P/c1-5-27(6-2)30(23-17-15-19-11-7-9-13-21(19)25(23)28-3)24-18-16-20-12-8-10-14-22(20)26(24)29-4/h7-18H,5-6H2,1-4H3. The van der Waals surface area contributed by atoms with Crippen LogP contribution in [0.2, 0.25) is 0 Å². The molecule has 4 aromatic carbocycles. The van der Waals surface area contributed by atoms with Gasteiger partial charge in [-0.05, 0) is 36.0 Å². The van der Waals surface area contributed by atoms with Crippen LogP contribution in [0, 0.1) is 0 Å². The van der Waals surface area contributed by atoms with Crippen molar-refractivity contribution < 1.29 is 9.47 Å². The van der Waals surface area contributed by atoms with Gasteiger partial charge in [-0.3, -0.25) is 4.67 Å². The topological polar surface area (TPSA) is 21.7 Å². The Kier molecular flexibility index (Phi) is 6.22. The molecule has 0 fully saturated rings. The summed E-state index contributed by atoms with van der Waals surface area (Å²) in [5.41, 5.74) is 0. The first kappa shape index (κ1) is 20.7. The summed E-state index contributed by atoms with van der Waals surface area (Å²) >= 11 is 0. The highest BCUT2D eigenvalue weighted by molar-refractivity contribution is 7.71. The van der Waals surface area contributed by atoms with E-state index in [2.05, 4.69) is 91.3 Å². The Balaban J connectivity index is 2.02. The van der Waals surface area contributed by atoms with Gasteiger partial charge in [0.15, 0.2) is 0 Å². The lowest BCUT2D eigenvalue weighted by Gasteiger charge is -2.33. The van der Waals surface area contributed by atoms with Crippen LogP contribution < -0.4 is 20.1 Å². The van der Waals surface area contributed by atoms with E-state index in [4.69, 9.17) is 9.47 Å². The van der Waals surface area contributed by atoms with Crippen LogP contribution in [0.1, 0.15) is 13.8 Å². The average molecular weight is 417 g/mol. The van der Waals surface area contributed by atoms with Gasteiger partial charge in [0.1, 0.15) is 11.5 Å². The molecule has 4 heteroatoms. The van der Waals surface area contributed by atoms with E-state index < -0.39 is 8.07 Å². The lowest BCUT2D eigenvalue weighted by Crippen LogP contribution is -2.30. The first-order valence-corrected chi connectivity index (χ1v) is 11.7. The highest BCUT2D eigenvalue weighted by Crippen LogP contribution is 2.46. The predicted octanol–water partition coefficient (Wildman–Crippen LogP) is 5.70. The van der Waals surface area contributed by atoms with E-state index in [-0.39, 0.29) is 0 Å². The summed E-state index contributed by atoms with van der Waals surface area (Å²) in [5.74, 6) is 1.92. The smallest absolute Gasteiger partial charge is 0.135 e. The fourth-order valence-electron chi connectivity index (χ4n) is 4.17. The van der Waals surface area contributed by atoms with Crippen molar-refractivity contribution in [3.8, 4) is 11.5 Å². The number of rotatable bonds is 7.